The number of ketones is 1. The van der Waals surface area contributed by atoms with E-state index in [4.69, 9.17) is 4.74 Å². The lowest BCUT2D eigenvalue weighted by Gasteiger charge is -2.20. The summed E-state index contributed by atoms with van der Waals surface area (Å²) in [5.74, 6) is -0.899. The van der Waals surface area contributed by atoms with E-state index in [0.717, 1.165) is 32.0 Å². The van der Waals surface area contributed by atoms with Gasteiger partial charge in [0, 0.05) is 22.9 Å². The Morgan fingerprint density at radius 2 is 2.20 bits per heavy atom. The van der Waals surface area contributed by atoms with Gasteiger partial charge in [-0.15, -0.1) is 0 Å². The number of aliphatic imine (C=N–C) groups is 2. The Labute approximate surface area is 176 Å². The average molecular weight is 407 g/mol. The van der Waals surface area contributed by atoms with E-state index in [1.807, 2.05) is 13.0 Å². The Bertz CT molecular complexity index is 969. The number of aromatic nitrogens is 2. The molecule has 8 heteroatoms. The molecule has 1 unspecified atom stereocenters. The Morgan fingerprint density at radius 3 is 2.83 bits per heavy atom. The van der Waals surface area contributed by atoms with Crippen LogP contribution in [0.5, 0.6) is 0 Å². The second-order valence-corrected chi connectivity index (χ2v) is 6.89. The molecule has 156 valence electrons. The van der Waals surface area contributed by atoms with Gasteiger partial charge in [-0.05, 0) is 26.0 Å². The van der Waals surface area contributed by atoms with Gasteiger partial charge in [0.1, 0.15) is 30.0 Å². The maximum Gasteiger partial charge on any atom is 0.349 e. The van der Waals surface area contributed by atoms with Crippen LogP contribution >= 0.6 is 0 Å². The minimum atomic E-state index is -0.765. The number of esters is 1. The number of nitrogens with zero attached hydrogens (tertiary/aromatic N) is 5. The van der Waals surface area contributed by atoms with Gasteiger partial charge in [-0.3, -0.25) is 9.79 Å². The number of rotatable bonds is 9. The van der Waals surface area contributed by atoms with Crippen molar-refractivity contribution >= 4 is 30.4 Å². The second kappa shape index (κ2) is 10.9. The molecule has 0 bridgehead atoms. The minimum Gasteiger partial charge on any atom is -0.461 e. The van der Waals surface area contributed by atoms with E-state index < -0.39 is 5.97 Å². The first-order valence-corrected chi connectivity index (χ1v) is 9.86. The van der Waals surface area contributed by atoms with Gasteiger partial charge in [-0.2, -0.15) is 5.26 Å². The van der Waals surface area contributed by atoms with Crippen molar-refractivity contribution in [1.29, 1.82) is 5.26 Å². The topological polar surface area (TPSA) is 118 Å². The van der Waals surface area contributed by atoms with Crippen molar-refractivity contribution in [3.8, 4) is 6.07 Å². The fourth-order valence-electron chi connectivity index (χ4n) is 3.17. The first-order chi connectivity index (χ1) is 14.5. The van der Waals surface area contributed by atoms with E-state index in [2.05, 4.69) is 33.6 Å². The van der Waals surface area contributed by atoms with Gasteiger partial charge in [-0.1, -0.05) is 33.1 Å². The molecule has 1 heterocycles. The average Bonchev–Trinajstić information content (AvgIpc) is 2.77. The third-order valence-electron chi connectivity index (χ3n) is 4.96. The van der Waals surface area contributed by atoms with Crippen LogP contribution in [-0.2, 0) is 9.53 Å². The van der Waals surface area contributed by atoms with Crippen LogP contribution in [0.25, 0.3) is 5.57 Å². The van der Waals surface area contributed by atoms with Crippen LogP contribution in [0.3, 0.4) is 0 Å². The molecule has 0 fully saturated rings. The summed E-state index contributed by atoms with van der Waals surface area (Å²) in [4.78, 5) is 41.2. The van der Waals surface area contributed by atoms with Crippen LogP contribution in [0.1, 0.15) is 62.5 Å². The number of carbonyl (C=O) groups excluding carboxylic acids is 2. The first kappa shape index (κ1) is 22.8. The van der Waals surface area contributed by atoms with E-state index in [0.29, 0.717) is 0 Å². The van der Waals surface area contributed by atoms with Gasteiger partial charge in [0.2, 0.25) is 5.78 Å². The number of carbonyl (C=O) groups is 2. The van der Waals surface area contributed by atoms with Crippen LogP contribution in [0.4, 0.5) is 0 Å². The quantitative estimate of drug-likeness (QED) is 0.202. The van der Waals surface area contributed by atoms with Crippen molar-refractivity contribution in [2.75, 3.05) is 6.61 Å². The number of nitriles is 1. The highest BCUT2D eigenvalue weighted by Gasteiger charge is 2.33. The molecule has 0 aromatic carbocycles. The summed E-state index contributed by atoms with van der Waals surface area (Å²) in [6.07, 6.45) is 7.71. The summed E-state index contributed by atoms with van der Waals surface area (Å²) in [6.45, 7) is 9.26. The molecule has 0 aliphatic heterocycles. The number of Topliss-reactive ketones (excluding diaryl/α,β-unsaturated/α-hetero) is 1. The molecule has 1 aromatic rings. The van der Waals surface area contributed by atoms with Crippen LogP contribution in [0, 0.1) is 17.2 Å². The standard InChI is InChI=1S/C22H25N5O3/c1-5-7-8-15(6-2)11-30-22(29)16(9-23)18-17-10-25-13-27-20(17)21(28)14(3)19(18)26-12-24-4/h10,12-13,15H,4-8,11H2,1-3H3/b18-16+,26-12-. The molecule has 1 aliphatic carbocycles. The number of hydrogen-bond donors (Lipinski definition) is 0. The van der Waals surface area contributed by atoms with Gasteiger partial charge in [0.25, 0.3) is 0 Å². The van der Waals surface area contributed by atoms with E-state index in [1.54, 1.807) is 6.92 Å². The van der Waals surface area contributed by atoms with Crippen molar-refractivity contribution in [3.05, 3.63) is 40.6 Å². The van der Waals surface area contributed by atoms with E-state index >= 15 is 0 Å². The summed E-state index contributed by atoms with van der Waals surface area (Å²) in [7, 11) is 0. The van der Waals surface area contributed by atoms with Gasteiger partial charge >= 0.3 is 5.97 Å². The lowest BCUT2D eigenvalue weighted by Crippen LogP contribution is -2.20. The number of unbranched alkanes of at least 4 members (excludes halogenated alkanes) is 1. The molecular formula is C22H25N5O3. The number of ether oxygens (including phenoxy) is 1. The Kier molecular flexibility index (Phi) is 8.29. The highest BCUT2D eigenvalue weighted by atomic mass is 16.5. The predicted octanol–water partition coefficient (Wildman–Crippen LogP) is 3.71. The zero-order valence-corrected chi connectivity index (χ0v) is 17.5. The fraction of sp³-hybridized carbons (Fsp3) is 0.409. The summed E-state index contributed by atoms with van der Waals surface area (Å²) < 4.78 is 5.47. The molecule has 0 amide bonds. The number of fused-ring (bicyclic) bond motifs is 1. The van der Waals surface area contributed by atoms with Crippen LogP contribution in [0.2, 0.25) is 0 Å². The molecule has 0 N–H and O–H groups in total. The molecule has 30 heavy (non-hydrogen) atoms. The normalized spacial score (nSPS) is 16.1. The van der Waals surface area contributed by atoms with Gasteiger partial charge in [0.05, 0.1) is 12.3 Å². The molecule has 0 saturated carbocycles. The first-order valence-electron chi connectivity index (χ1n) is 9.86. The van der Waals surface area contributed by atoms with Crippen LogP contribution in [-0.4, -0.2) is 41.4 Å². The lowest BCUT2D eigenvalue weighted by atomic mass is 9.86. The summed E-state index contributed by atoms with van der Waals surface area (Å²) in [5, 5.41) is 9.79. The third-order valence-corrected chi connectivity index (χ3v) is 4.96. The highest BCUT2D eigenvalue weighted by molar-refractivity contribution is 6.19. The summed E-state index contributed by atoms with van der Waals surface area (Å²) >= 11 is 0. The predicted molar refractivity (Wildman–Crippen MR) is 114 cm³/mol. The largest absolute Gasteiger partial charge is 0.461 e. The second-order valence-electron chi connectivity index (χ2n) is 6.89. The number of allylic oxidation sites excluding steroid dienone is 2. The number of hydrogen-bond acceptors (Lipinski definition) is 7. The maximum atomic E-state index is 12.8. The van der Waals surface area contributed by atoms with Crippen LogP contribution < -0.4 is 0 Å². The zero-order valence-electron chi connectivity index (χ0n) is 17.5. The van der Waals surface area contributed by atoms with Gasteiger partial charge in [-0.25, -0.2) is 19.8 Å². The third kappa shape index (κ3) is 4.92. The Morgan fingerprint density at radius 1 is 1.43 bits per heavy atom. The van der Waals surface area contributed by atoms with Gasteiger partial charge in [0.15, 0.2) is 0 Å². The Balaban J connectivity index is 2.52. The molecule has 1 aliphatic rings. The van der Waals surface area contributed by atoms with Crippen molar-refractivity contribution in [1.82, 2.24) is 9.97 Å². The highest BCUT2D eigenvalue weighted by Crippen LogP contribution is 2.37. The molecule has 1 atom stereocenters. The zero-order chi connectivity index (χ0) is 22.1. The van der Waals surface area contributed by atoms with Crippen molar-refractivity contribution in [2.24, 2.45) is 15.9 Å². The van der Waals surface area contributed by atoms with E-state index in [1.165, 1.54) is 12.5 Å². The van der Waals surface area contributed by atoms with E-state index in [-0.39, 0.29) is 52.0 Å². The molecule has 0 saturated heterocycles. The van der Waals surface area contributed by atoms with Crippen molar-refractivity contribution < 1.29 is 14.3 Å². The van der Waals surface area contributed by atoms with Crippen molar-refractivity contribution in [3.63, 3.8) is 0 Å². The Hall–Kier alpha value is -3.47. The van der Waals surface area contributed by atoms with Gasteiger partial charge < -0.3 is 4.74 Å². The molecule has 1 aromatic heterocycles. The summed E-state index contributed by atoms with van der Waals surface area (Å²) in [5.41, 5.74) is 0.678. The SMILES string of the molecule is C=N/C=N\C1=C(C)C(=O)c2ncncc2/C1=C(/C#N)C(=O)OCC(CC)CCCC. The minimum absolute atomic E-state index is 0.109. The van der Waals surface area contributed by atoms with Crippen molar-refractivity contribution in [2.45, 2.75) is 46.5 Å². The monoisotopic (exact) mass is 407 g/mol. The molecule has 0 spiro atoms. The van der Waals surface area contributed by atoms with Crippen LogP contribution in [0.15, 0.2) is 39.4 Å². The molecule has 2 rings (SSSR count). The smallest absolute Gasteiger partial charge is 0.349 e. The molecule has 0 radical (unpaired) electrons. The maximum absolute atomic E-state index is 12.8. The molecule has 8 nitrogen and oxygen atoms in total. The van der Waals surface area contributed by atoms with E-state index in [9.17, 15) is 14.9 Å². The summed E-state index contributed by atoms with van der Waals surface area (Å²) in [6, 6.07) is 1.92. The lowest BCUT2D eigenvalue weighted by molar-refractivity contribution is -0.139. The molecular weight excluding hydrogens is 382 g/mol. The fourth-order valence-corrected chi connectivity index (χ4v) is 3.17.